The highest BCUT2D eigenvalue weighted by molar-refractivity contribution is 5.96. The predicted molar refractivity (Wildman–Crippen MR) is 109 cm³/mol. The van der Waals surface area contributed by atoms with Crippen molar-refractivity contribution < 1.29 is 19.6 Å². The number of imidazole rings is 1. The van der Waals surface area contributed by atoms with Gasteiger partial charge in [0.1, 0.15) is 18.2 Å². The molecule has 0 saturated carbocycles. The van der Waals surface area contributed by atoms with E-state index in [2.05, 4.69) is 10.3 Å². The second-order valence-corrected chi connectivity index (χ2v) is 6.23. The normalized spacial score (nSPS) is 11.5. The number of aromatic nitrogens is 2. The van der Waals surface area contributed by atoms with Crippen LogP contribution in [0.4, 0.5) is 11.4 Å². The lowest BCUT2D eigenvalue weighted by atomic mass is 10.1. The predicted octanol–water partition coefficient (Wildman–Crippen LogP) is 3.17. The molecular formula is C20H17N5O5. The highest BCUT2D eigenvalue weighted by atomic mass is 16.6. The molecule has 0 unspecified atom stereocenters. The van der Waals surface area contributed by atoms with Gasteiger partial charge in [0.25, 0.3) is 5.69 Å². The summed E-state index contributed by atoms with van der Waals surface area (Å²) in [6, 6.07) is 12.8. The molecule has 0 aliphatic rings. The minimum atomic E-state index is -0.892. The lowest BCUT2D eigenvalue weighted by molar-refractivity contribution is -0.384. The van der Waals surface area contributed by atoms with Gasteiger partial charge in [-0.05, 0) is 18.2 Å². The number of aliphatic hydroxyl groups is 1. The molecule has 0 bridgehead atoms. The topological polar surface area (TPSA) is 143 Å². The van der Waals surface area contributed by atoms with Crippen LogP contribution in [0, 0.1) is 21.4 Å². The number of aryl methyl sites for hydroxylation is 1. The number of nitro groups is 1. The van der Waals surface area contributed by atoms with Gasteiger partial charge >= 0.3 is 5.97 Å². The molecule has 0 fully saturated rings. The first kappa shape index (κ1) is 20.3. The van der Waals surface area contributed by atoms with Gasteiger partial charge in [0, 0.05) is 31.9 Å². The molecule has 3 aromatic rings. The van der Waals surface area contributed by atoms with Crippen LogP contribution in [0.25, 0.3) is 16.6 Å². The number of fused-ring (bicyclic) bond motifs is 1. The Morgan fingerprint density at radius 1 is 1.37 bits per heavy atom. The van der Waals surface area contributed by atoms with Crippen LogP contribution in [0.15, 0.2) is 48.2 Å². The Kier molecular flexibility index (Phi) is 5.64. The quantitative estimate of drug-likeness (QED) is 0.208. The number of hydrogen-bond acceptors (Lipinski definition) is 8. The number of nitriles is 1. The number of nitrogens with one attached hydrogen (secondary N) is 1. The molecule has 0 amide bonds. The van der Waals surface area contributed by atoms with E-state index in [9.17, 15) is 25.3 Å². The number of hydrogen-bond donors (Lipinski definition) is 2. The van der Waals surface area contributed by atoms with E-state index in [1.807, 2.05) is 18.2 Å². The van der Waals surface area contributed by atoms with Crippen LogP contribution in [-0.4, -0.2) is 39.2 Å². The average molecular weight is 407 g/mol. The van der Waals surface area contributed by atoms with E-state index in [0.29, 0.717) is 11.2 Å². The largest absolute Gasteiger partial charge is 0.507 e. The van der Waals surface area contributed by atoms with Crippen molar-refractivity contribution in [2.24, 2.45) is 7.05 Å². The second-order valence-electron chi connectivity index (χ2n) is 6.23. The van der Waals surface area contributed by atoms with Crippen LogP contribution in [0.3, 0.4) is 0 Å². The molecular weight excluding hydrogens is 390 g/mol. The summed E-state index contributed by atoms with van der Waals surface area (Å²) >= 11 is 0. The van der Waals surface area contributed by atoms with E-state index in [4.69, 9.17) is 4.74 Å². The molecule has 152 valence electrons. The Bertz CT molecular complexity index is 1220. The molecule has 1 aromatic heterocycles. The third kappa shape index (κ3) is 3.77. The van der Waals surface area contributed by atoms with Gasteiger partial charge in [-0.15, -0.1) is 0 Å². The molecule has 3 rings (SSSR count). The molecule has 10 nitrogen and oxygen atoms in total. The molecule has 1 heterocycles. The number of nitrogens with zero attached hydrogens (tertiary/aromatic N) is 4. The summed E-state index contributed by atoms with van der Waals surface area (Å²) in [7, 11) is 3.25. The van der Waals surface area contributed by atoms with Crippen molar-refractivity contribution in [1.82, 2.24) is 9.55 Å². The third-order valence-electron chi connectivity index (χ3n) is 4.45. The number of rotatable bonds is 6. The van der Waals surface area contributed by atoms with Gasteiger partial charge in [0.05, 0.1) is 21.5 Å². The van der Waals surface area contributed by atoms with Crippen LogP contribution < -0.4 is 5.32 Å². The molecule has 2 aromatic carbocycles. The third-order valence-corrected chi connectivity index (χ3v) is 4.45. The van der Waals surface area contributed by atoms with Crippen molar-refractivity contribution in [3.63, 3.8) is 0 Å². The van der Waals surface area contributed by atoms with Crippen molar-refractivity contribution in [3.05, 3.63) is 69.7 Å². The van der Waals surface area contributed by atoms with Gasteiger partial charge in [-0.1, -0.05) is 12.1 Å². The first-order valence-electron chi connectivity index (χ1n) is 8.74. The lowest BCUT2D eigenvalue weighted by Gasteiger charge is -2.10. The Labute approximate surface area is 170 Å². The van der Waals surface area contributed by atoms with Crippen molar-refractivity contribution in [3.8, 4) is 6.07 Å². The molecule has 0 spiro atoms. The Morgan fingerprint density at radius 2 is 2.10 bits per heavy atom. The van der Waals surface area contributed by atoms with Gasteiger partial charge in [-0.3, -0.25) is 10.1 Å². The van der Waals surface area contributed by atoms with Crippen LogP contribution in [0.5, 0.6) is 0 Å². The number of nitro benzene ring substituents is 1. The van der Waals surface area contributed by atoms with Gasteiger partial charge in [-0.2, -0.15) is 5.26 Å². The van der Waals surface area contributed by atoms with E-state index >= 15 is 0 Å². The van der Waals surface area contributed by atoms with Crippen LogP contribution in [-0.2, 0) is 11.8 Å². The zero-order valence-corrected chi connectivity index (χ0v) is 16.1. The van der Waals surface area contributed by atoms with Gasteiger partial charge in [0.2, 0.25) is 0 Å². The Hall–Kier alpha value is -4.39. The maximum absolute atomic E-state index is 12.4. The minimum Gasteiger partial charge on any atom is -0.507 e. The highest BCUT2D eigenvalue weighted by Gasteiger charge is 2.20. The maximum atomic E-state index is 12.4. The number of anilines is 1. The number of carbonyl (C=O) groups excluding carboxylic acids is 1. The molecule has 0 aliphatic heterocycles. The number of allylic oxidation sites excluding steroid dienone is 1. The summed E-state index contributed by atoms with van der Waals surface area (Å²) in [5, 5.41) is 33.6. The van der Waals surface area contributed by atoms with Gasteiger partial charge in [0.15, 0.2) is 11.6 Å². The fourth-order valence-corrected chi connectivity index (χ4v) is 2.93. The van der Waals surface area contributed by atoms with Crippen molar-refractivity contribution in [1.29, 1.82) is 5.26 Å². The maximum Gasteiger partial charge on any atom is 0.340 e. The molecule has 0 radical (unpaired) electrons. The fraction of sp³-hybridized carbons (Fsp3) is 0.150. The Balaban J connectivity index is 1.88. The monoisotopic (exact) mass is 407 g/mol. The van der Waals surface area contributed by atoms with E-state index in [1.165, 1.54) is 12.1 Å². The van der Waals surface area contributed by atoms with E-state index in [0.717, 1.165) is 11.6 Å². The number of non-ortho nitro benzene ring substituents is 1. The lowest BCUT2D eigenvalue weighted by Crippen LogP contribution is -2.12. The number of ether oxygens (including phenoxy) is 1. The van der Waals surface area contributed by atoms with Crippen molar-refractivity contribution in [2.45, 2.75) is 0 Å². The number of esters is 1. The number of carbonyl (C=O) groups is 1. The van der Waals surface area contributed by atoms with Crippen LogP contribution in [0.2, 0.25) is 0 Å². The highest BCUT2D eigenvalue weighted by Crippen LogP contribution is 2.24. The van der Waals surface area contributed by atoms with Crippen molar-refractivity contribution in [2.75, 3.05) is 19.0 Å². The number of aliphatic hydroxyl groups excluding tert-OH is 1. The zero-order valence-electron chi connectivity index (χ0n) is 16.1. The molecule has 2 N–H and O–H groups in total. The second kappa shape index (κ2) is 8.32. The standard InChI is InChI=1S/C20H17N5O5/c1-22-15-8-7-12(25(28)29)9-13(15)20(27)30-11-18(26)14(10-21)19-23-16-5-3-4-6-17(16)24(19)2/h3-9,22,26H,11H2,1-2H3/b18-14-. The molecule has 0 atom stereocenters. The van der Waals surface area contributed by atoms with Crippen molar-refractivity contribution >= 4 is 34.0 Å². The summed E-state index contributed by atoms with van der Waals surface area (Å²) in [5.74, 6) is -1.16. The van der Waals surface area contributed by atoms with Crippen LogP contribution in [0.1, 0.15) is 16.2 Å². The molecule has 10 heteroatoms. The Morgan fingerprint density at radius 3 is 2.73 bits per heavy atom. The summed E-state index contributed by atoms with van der Waals surface area (Å²) in [6.45, 7) is -0.600. The van der Waals surface area contributed by atoms with Gasteiger partial charge in [-0.25, -0.2) is 9.78 Å². The summed E-state index contributed by atoms with van der Waals surface area (Å²) < 4.78 is 6.73. The van der Waals surface area contributed by atoms with Gasteiger partial charge < -0.3 is 19.7 Å². The summed E-state index contributed by atoms with van der Waals surface area (Å²) in [4.78, 5) is 27.1. The minimum absolute atomic E-state index is 0.0688. The SMILES string of the molecule is CNc1ccc([N+](=O)[O-])cc1C(=O)OC/C(O)=C(\C#N)c1nc2ccccc2n1C. The molecule has 0 saturated heterocycles. The first-order valence-corrected chi connectivity index (χ1v) is 8.74. The first-order chi connectivity index (χ1) is 14.4. The van der Waals surface area contributed by atoms with E-state index < -0.39 is 23.3 Å². The average Bonchev–Trinajstić information content (AvgIpc) is 3.08. The zero-order chi connectivity index (χ0) is 21.8. The summed E-state index contributed by atoms with van der Waals surface area (Å²) in [6.07, 6.45) is 0. The van der Waals surface area contributed by atoms with E-state index in [1.54, 1.807) is 30.8 Å². The molecule has 0 aliphatic carbocycles. The summed E-state index contributed by atoms with van der Waals surface area (Å²) in [5.41, 5.74) is 1.24. The smallest absolute Gasteiger partial charge is 0.340 e. The van der Waals surface area contributed by atoms with E-state index in [-0.39, 0.29) is 22.6 Å². The molecule has 30 heavy (non-hydrogen) atoms. The fourth-order valence-electron chi connectivity index (χ4n) is 2.93. The number of para-hydroxylation sites is 2. The number of benzene rings is 2. The van der Waals surface area contributed by atoms with Crippen LogP contribution >= 0.6 is 0 Å².